The minimum atomic E-state index is -4.80. The Morgan fingerprint density at radius 2 is 1.74 bits per heavy atom. The SMILES string of the molecule is COc1ccc(S(=O)(=O)NCCc2c(C)[nH]c3ccc(OC(F)(F)F)cc23)cc1OC. The highest BCUT2D eigenvalue weighted by Gasteiger charge is 2.31. The summed E-state index contributed by atoms with van der Waals surface area (Å²) in [4.78, 5) is 3.08. The van der Waals surface area contributed by atoms with Crippen LogP contribution in [0.5, 0.6) is 17.2 Å². The highest BCUT2D eigenvalue weighted by atomic mass is 32.2. The molecule has 0 unspecified atom stereocenters. The maximum Gasteiger partial charge on any atom is 0.573 e. The summed E-state index contributed by atoms with van der Waals surface area (Å²) in [6.07, 6.45) is -4.54. The van der Waals surface area contributed by atoms with Gasteiger partial charge in [0.1, 0.15) is 5.75 Å². The molecule has 0 atom stereocenters. The Balaban J connectivity index is 1.78. The van der Waals surface area contributed by atoms with Gasteiger partial charge in [0.25, 0.3) is 0 Å². The van der Waals surface area contributed by atoms with Crippen LogP contribution in [0.3, 0.4) is 0 Å². The van der Waals surface area contributed by atoms with E-state index in [1.165, 1.54) is 50.6 Å². The molecule has 0 bridgehead atoms. The molecule has 0 amide bonds. The van der Waals surface area contributed by atoms with Crippen LogP contribution in [-0.2, 0) is 16.4 Å². The predicted molar refractivity (Wildman–Crippen MR) is 108 cm³/mol. The molecular weight excluding hydrogens is 437 g/mol. The smallest absolute Gasteiger partial charge is 0.493 e. The van der Waals surface area contributed by atoms with Crippen molar-refractivity contribution in [3.63, 3.8) is 0 Å². The van der Waals surface area contributed by atoms with E-state index in [4.69, 9.17) is 9.47 Å². The number of ether oxygens (including phenoxy) is 3. The quantitative estimate of drug-likeness (QED) is 0.534. The first-order valence-electron chi connectivity index (χ1n) is 9.12. The monoisotopic (exact) mass is 458 g/mol. The van der Waals surface area contributed by atoms with E-state index in [1.807, 2.05) is 0 Å². The molecule has 3 aromatic rings. The van der Waals surface area contributed by atoms with Gasteiger partial charge < -0.3 is 19.2 Å². The summed E-state index contributed by atoms with van der Waals surface area (Å²) < 4.78 is 79.5. The second kappa shape index (κ2) is 8.67. The van der Waals surface area contributed by atoms with Crippen molar-refractivity contribution < 1.29 is 35.8 Å². The molecule has 7 nitrogen and oxygen atoms in total. The number of aromatic amines is 1. The third-order valence-electron chi connectivity index (χ3n) is 4.66. The van der Waals surface area contributed by atoms with Crippen LogP contribution in [0.4, 0.5) is 13.2 Å². The van der Waals surface area contributed by atoms with Crippen molar-refractivity contribution in [1.29, 1.82) is 0 Å². The normalized spacial score (nSPS) is 12.2. The molecule has 0 saturated heterocycles. The average Bonchev–Trinajstić information content (AvgIpc) is 3.01. The minimum Gasteiger partial charge on any atom is -0.493 e. The molecule has 1 aromatic heterocycles. The maximum atomic E-state index is 12.6. The zero-order valence-corrected chi connectivity index (χ0v) is 17.8. The van der Waals surface area contributed by atoms with Crippen molar-refractivity contribution in [2.75, 3.05) is 20.8 Å². The van der Waals surface area contributed by atoms with Crippen molar-refractivity contribution in [1.82, 2.24) is 9.71 Å². The molecule has 2 aromatic carbocycles. The van der Waals surface area contributed by atoms with E-state index in [2.05, 4.69) is 14.4 Å². The summed E-state index contributed by atoms with van der Waals surface area (Å²) in [5.74, 6) is 0.328. The van der Waals surface area contributed by atoms with E-state index in [-0.39, 0.29) is 29.4 Å². The first kappa shape index (κ1) is 22.8. The molecule has 11 heteroatoms. The van der Waals surface area contributed by atoms with Crippen molar-refractivity contribution in [2.45, 2.75) is 24.6 Å². The molecule has 0 aliphatic rings. The third kappa shape index (κ3) is 5.23. The number of rotatable bonds is 8. The number of aryl methyl sites for hydroxylation is 1. The van der Waals surface area contributed by atoms with Crippen LogP contribution in [0.2, 0.25) is 0 Å². The fourth-order valence-corrected chi connectivity index (χ4v) is 4.31. The average molecular weight is 458 g/mol. The van der Waals surface area contributed by atoms with Gasteiger partial charge in [-0.25, -0.2) is 13.1 Å². The second-order valence-electron chi connectivity index (χ2n) is 6.65. The van der Waals surface area contributed by atoms with E-state index in [1.54, 1.807) is 6.92 Å². The summed E-state index contributed by atoms with van der Waals surface area (Å²) >= 11 is 0. The van der Waals surface area contributed by atoms with Gasteiger partial charge in [-0.3, -0.25) is 0 Å². The first-order chi connectivity index (χ1) is 14.5. The zero-order valence-electron chi connectivity index (χ0n) is 17.0. The first-order valence-corrected chi connectivity index (χ1v) is 10.6. The van der Waals surface area contributed by atoms with Crippen LogP contribution in [-0.4, -0.2) is 40.5 Å². The fourth-order valence-electron chi connectivity index (χ4n) is 3.26. The largest absolute Gasteiger partial charge is 0.573 e. The molecule has 0 fully saturated rings. The number of fused-ring (bicyclic) bond motifs is 1. The summed E-state index contributed by atoms with van der Waals surface area (Å²) in [5.41, 5.74) is 2.05. The van der Waals surface area contributed by atoms with Gasteiger partial charge in [-0.1, -0.05) is 0 Å². The van der Waals surface area contributed by atoms with Crippen LogP contribution in [0.1, 0.15) is 11.3 Å². The molecule has 168 valence electrons. The number of sulfonamides is 1. The Morgan fingerprint density at radius 1 is 1.03 bits per heavy atom. The number of H-pyrrole nitrogens is 1. The lowest BCUT2D eigenvalue weighted by molar-refractivity contribution is -0.274. The Morgan fingerprint density at radius 3 is 2.39 bits per heavy atom. The summed E-state index contributed by atoms with van der Waals surface area (Å²) in [7, 11) is -0.994. The fraction of sp³-hybridized carbons (Fsp3) is 0.300. The highest BCUT2D eigenvalue weighted by Crippen LogP contribution is 2.31. The van der Waals surface area contributed by atoms with Crippen LogP contribution in [0.15, 0.2) is 41.3 Å². The number of halogens is 3. The Hall–Kier alpha value is -2.92. The van der Waals surface area contributed by atoms with E-state index in [0.717, 1.165) is 5.69 Å². The van der Waals surface area contributed by atoms with Gasteiger partial charge in [0.2, 0.25) is 10.0 Å². The van der Waals surface area contributed by atoms with Crippen molar-refractivity contribution in [2.24, 2.45) is 0 Å². The molecule has 3 rings (SSSR count). The van der Waals surface area contributed by atoms with Crippen molar-refractivity contribution in [3.05, 3.63) is 47.7 Å². The number of alkyl halides is 3. The summed E-state index contributed by atoms with van der Waals surface area (Å²) in [5, 5.41) is 0.532. The lowest BCUT2D eigenvalue weighted by Gasteiger charge is -2.11. The summed E-state index contributed by atoms with van der Waals surface area (Å²) in [6.45, 7) is 1.80. The molecule has 31 heavy (non-hydrogen) atoms. The van der Waals surface area contributed by atoms with Crippen LogP contribution < -0.4 is 18.9 Å². The van der Waals surface area contributed by atoms with E-state index >= 15 is 0 Å². The number of aromatic nitrogens is 1. The molecule has 0 spiro atoms. The molecular formula is C20H21F3N2O5S. The van der Waals surface area contributed by atoms with Crippen LogP contribution in [0, 0.1) is 6.92 Å². The molecule has 2 N–H and O–H groups in total. The molecule has 0 aliphatic heterocycles. The number of hydrogen-bond acceptors (Lipinski definition) is 5. The Kier molecular flexibility index (Phi) is 6.37. The predicted octanol–water partition coefficient (Wildman–Crippen LogP) is 3.91. The number of benzene rings is 2. The number of hydrogen-bond donors (Lipinski definition) is 2. The van der Waals surface area contributed by atoms with E-state index in [9.17, 15) is 21.6 Å². The molecule has 0 aliphatic carbocycles. The number of nitrogens with one attached hydrogen (secondary N) is 2. The topological polar surface area (TPSA) is 89.7 Å². The number of methoxy groups -OCH3 is 2. The van der Waals surface area contributed by atoms with E-state index < -0.39 is 16.4 Å². The van der Waals surface area contributed by atoms with Crippen molar-refractivity contribution >= 4 is 20.9 Å². The standard InChI is InChI=1S/C20H21F3N2O5S/c1-12-15(16-10-13(30-20(21,22)23)4-6-17(16)25-12)8-9-24-31(26,27)14-5-7-18(28-2)19(11-14)29-3/h4-7,10-11,24-25H,8-9H2,1-3H3. The molecule has 0 saturated carbocycles. The lowest BCUT2D eigenvalue weighted by Crippen LogP contribution is -2.26. The second-order valence-corrected chi connectivity index (χ2v) is 8.42. The van der Waals surface area contributed by atoms with Gasteiger partial charge in [0.15, 0.2) is 11.5 Å². The maximum absolute atomic E-state index is 12.6. The zero-order chi connectivity index (χ0) is 22.8. The van der Waals surface area contributed by atoms with Gasteiger partial charge in [0.05, 0.1) is 19.1 Å². The van der Waals surface area contributed by atoms with Crippen molar-refractivity contribution in [3.8, 4) is 17.2 Å². The Bertz CT molecular complexity index is 1190. The van der Waals surface area contributed by atoms with Gasteiger partial charge in [-0.05, 0) is 49.2 Å². The lowest BCUT2D eigenvalue weighted by atomic mass is 10.1. The summed E-state index contributed by atoms with van der Waals surface area (Å²) in [6, 6.07) is 8.21. The minimum absolute atomic E-state index is 0.00154. The van der Waals surface area contributed by atoms with Gasteiger partial charge >= 0.3 is 6.36 Å². The van der Waals surface area contributed by atoms with Gasteiger partial charge in [0, 0.05) is 29.2 Å². The van der Waals surface area contributed by atoms with E-state index in [0.29, 0.717) is 22.2 Å². The molecule has 1 heterocycles. The van der Waals surface area contributed by atoms with Crippen LogP contribution in [0.25, 0.3) is 10.9 Å². The van der Waals surface area contributed by atoms with Crippen LogP contribution >= 0.6 is 0 Å². The molecule has 0 radical (unpaired) electrons. The Labute approximate surface area is 177 Å². The van der Waals surface area contributed by atoms with Gasteiger partial charge in [-0.15, -0.1) is 13.2 Å². The van der Waals surface area contributed by atoms with Gasteiger partial charge in [-0.2, -0.15) is 0 Å². The highest BCUT2D eigenvalue weighted by molar-refractivity contribution is 7.89. The third-order valence-corrected chi connectivity index (χ3v) is 6.12.